The minimum atomic E-state index is 0.160. The van der Waals surface area contributed by atoms with Crippen molar-refractivity contribution in [3.8, 4) is 0 Å². The Morgan fingerprint density at radius 3 is 1.90 bits per heavy atom. The van der Waals surface area contributed by atoms with E-state index in [2.05, 4.69) is 181 Å². The summed E-state index contributed by atoms with van der Waals surface area (Å²) in [4.78, 5) is 17.9. The van der Waals surface area contributed by atoms with Crippen molar-refractivity contribution < 1.29 is 0 Å². The van der Waals surface area contributed by atoms with Gasteiger partial charge in [0.2, 0.25) is 0 Å². The van der Waals surface area contributed by atoms with Gasteiger partial charge in [-0.3, -0.25) is 4.99 Å². The van der Waals surface area contributed by atoms with Crippen LogP contribution in [0.3, 0.4) is 0 Å². The van der Waals surface area contributed by atoms with Gasteiger partial charge in [-0.2, -0.15) is 0 Å². The monoisotopic (exact) mass is 648 g/mol. The molecule has 50 heavy (non-hydrogen) atoms. The van der Waals surface area contributed by atoms with E-state index in [1.54, 1.807) is 0 Å². The standard InChI is InChI=1S/C46H40N4/c1-32-23-25-38(47-32)44(34-17-9-4-10-18-34)40-27-29-42(49-40)46(36-21-13-6-14-22-36)43-30-28-41(50-43)45(35-19-11-5-12-20-35)39-26-24-37(48-39)31-33-15-7-2-3-8-16-33/h2-7,9-15,17-30,32-33,48-49H,8,16,31H2,1H3/b44-40-,45-41-,46-42-. The maximum Gasteiger partial charge on any atom is 0.0737 e. The van der Waals surface area contributed by atoms with Crippen molar-refractivity contribution in [3.63, 3.8) is 0 Å². The van der Waals surface area contributed by atoms with Crippen LogP contribution in [0.25, 0.3) is 16.7 Å². The molecule has 2 N–H and O–H groups in total. The Hall–Kier alpha value is -6.00. The van der Waals surface area contributed by atoms with E-state index in [0.29, 0.717) is 5.92 Å². The molecule has 1 aliphatic carbocycles. The molecule has 0 amide bonds. The summed E-state index contributed by atoms with van der Waals surface area (Å²) in [5.41, 5.74) is 11.8. The van der Waals surface area contributed by atoms with Gasteiger partial charge in [0.05, 0.1) is 23.2 Å². The van der Waals surface area contributed by atoms with Crippen LogP contribution in [0.1, 0.15) is 47.8 Å². The summed E-state index contributed by atoms with van der Waals surface area (Å²) in [7, 11) is 0. The summed E-state index contributed by atoms with van der Waals surface area (Å²) in [6, 6.07) is 40.6. The minimum absolute atomic E-state index is 0.160. The highest BCUT2D eigenvalue weighted by atomic mass is 14.8. The van der Waals surface area contributed by atoms with E-state index in [0.717, 1.165) is 86.2 Å². The number of rotatable bonds is 8. The van der Waals surface area contributed by atoms with Crippen LogP contribution in [0.5, 0.6) is 0 Å². The van der Waals surface area contributed by atoms with Gasteiger partial charge in [-0.05, 0) is 91.3 Å². The number of allylic oxidation sites excluding steroid dienone is 7. The molecule has 2 unspecified atom stereocenters. The van der Waals surface area contributed by atoms with Crippen molar-refractivity contribution in [1.29, 1.82) is 0 Å². The lowest BCUT2D eigenvalue weighted by molar-refractivity contribution is 0.591. The lowest BCUT2D eigenvalue weighted by atomic mass is 9.98. The fourth-order valence-corrected chi connectivity index (χ4v) is 7.11. The fourth-order valence-electron chi connectivity index (χ4n) is 7.11. The third-order valence-corrected chi connectivity index (χ3v) is 9.53. The Labute approximate surface area is 293 Å². The molecule has 0 radical (unpaired) electrons. The fraction of sp³-hybridized carbons (Fsp3) is 0.130. The van der Waals surface area contributed by atoms with Crippen molar-refractivity contribution in [2.24, 2.45) is 15.9 Å². The van der Waals surface area contributed by atoms with Crippen molar-refractivity contribution in [2.45, 2.75) is 32.2 Å². The summed E-state index contributed by atoms with van der Waals surface area (Å²) in [5.74, 6) is 0.522. The van der Waals surface area contributed by atoms with Gasteiger partial charge in [0.15, 0.2) is 0 Å². The van der Waals surface area contributed by atoms with Crippen LogP contribution in [0.4, 0.5) is 0 Å². The molecule has 8 rings (SSSR count). The maximum absolute atomic E-state index is 5.38. The summed E-state index contributed by atoms with van der Waals surface area (Å²) >= 11 is 0. The maximum atomic E-state index is 5.38. The first-order chi connectivity index (χ1) is 24.7. The second-order valence-corrected chi connectivity index (χ2v) is 13.1. The third-order valence-electron chi connectivity index (χ3n) is 9.53. The zero-order chi connectivity index (χ0) is 33.7. The zero-order valence-corrected chi connectivity index (χ0v) is 28.3. The predicted molar refractivity (Wildman–Crippen MR) is 209 cm³/mol. The molecular formula is C46H40N4. The summed E-state index contributed by atoms with van der Waals surface area (Å²) in [6.45, 7) is 2.12. The van der Waals surface area contributed by atoms with Crippen molar-refractivity contribution >= 4 is 28.1 Å². The van der Waals surface area contributed by atoms with Crippen molar-refractivity contribution in [1.82, 2.24) is 9.97 Å². The number of aromatic amines is 2. The average Bonchev–Trinajstić information content (AvgIpc) is 3.97. The van der Waals surface area contributed by atoms with Crippen LogP contribution in [-0.2, 0) is 6.42 Å². The van der Waals surface area contributed by atoms with E-state index >= 15 is 0 Å². The quantitative estimate of drug-likeness (QED) is 0.169. The first kappa shape index (κ1) is 31.3. The second kappa shape index (κ2) is 14.2. The molecule has 5 aromatic rings. The van der Waals surface area contributed by atoms with Gasteiger partial charge < -0.3 is 9.97 Å². The number of nitrogens with zero attached hydrogens (tertiary/aromatic N) is 2. The Bertz CT molecular complexity index is 2340. The third kappa shape index (κ3) is 6.65. The van der Waals surface area contributed by atoms with Crippen LogP contribution >= 0.6 is 0 Å². The lowest BCUT2D eigenvalue weighted by Crippen LogP contribution is -2.21. The molecule has 3 aromatic carbocycles. The SMILES string of the molecule is CC1C=CC(/C(c2ccccc2)=c2/cc/c(=C(C3=N/C(=C(/c4ccccc4)c4ccc(CC5C=CC=CCC5)[nH]4)C=C3)\c3ccccc3)[nH]2)=N1. The molecule has 2 atom stereocenters. The van der Waals surface area contributed by atoms with Gasteiger partial charge in [0, 0.05) is 38.8 Å². The van der Waals surface area contributed by atoms with Gasteiger partial charge in [-0.25, -0.2) is 4.99 Å². The number of H-pyrrole nitrogens is 2. The molecule has 4 heteroatoms. The highest BCUT2D eigenvalue weighted by Crippen LogP contribution is 2.32. The summed E-state index contributed by atoms with van der Waals surface area (Å²) in [6.07, 6.45) is 20.8. The average molecular weight is 649 g/mol. The van der Waals surface area contributed by atoms with Crippen LogP contribution in [0.2, 0.25) is 0 Å². The van der Waals surface area contributed by atoms with E-state index in [1.165, 1.54) is 5.69 Å². The highest BCUT2D eigenvalue weighted by molar-refractivity contribution is 6.31. The van der Waals surface area contributed by atoms with Crippen LogP contribution in [0.15, 0.2) is 180 Å². The molecule has 244 valence electrons. The number of aliphatic imine (C=N–C) groups is 2. The molecule has 0 bridgehead atoms. The zero-order valence-electron chi connectivity index (χ0n) is 28.3. The lowest BCUT2D eigenvalue weighted by Gasteiger charge is -2.11. The molecule has 3 aliphatic rings. The highest BCUT2D eigenvalue weighted by Gasteiger charge is 2.20. The Kier molecular flexibility index (Phi) is 8.90. The van der Waals surface area contributed by atoms with Gasteiger partial charge >= 0.3 is 0 Å². The van der Waals surface area contributed by atoms with Crippen molar-refractivity contribution in [2.75, 3.05) is 0 Å². The number of hydrogen-bond donors (Lipinski definition) is 2. The van der Waals surface area contributed by atoms with Gasteiger partial charge in [0.1, 0.15) is 0 Å². The van der Waals surface area contributed by atoms with Crippen LogP contribution < -0.4 is 10.7 Å². The molecule has 2 aliphatic heterocycles. The molecule has 0 fully saturated rings. The number of nitrogens with one attached hydrogen (secondary N) is 2. The largest absolute Gasteiger partial charge is 0.358 e. The Balaban J connectivity index is 1.27. The molecule has 0 saturated carbocycles. The van der Waals surface area contributed by atoms with Gasteiger partial charge in [-0.1, -0.05) is 121 Å². The van der Waals surface area contributed by atoms with Crippen LogP contribution in [0, 0.1) is 5.92 Å². The molecule has 2 aromatic heterocycles. The first-order valence-corrected chi connectivity index (χ1v) is 17.6. The van der Waals surface area contributed by atoms with E-state index in [1.807, 2.05) is 0 Å². The molecule has 4 heterocycles. The Morgan fingerprint density at radius 1 is 0.620 bits per heavy atom. The molecular weight excluding hydrogens is 609 g/mol. The molecule has 0 saturated heterocycles. The number of hydrogen-bond acceptors (Lipinski definition) is 2. The smallest absolute Gasteiger partial charge is 0.0737 e. The van der Waals surface area contributed by atoms with Crippen molar-refractivity contribution in [3.05, 3.63) is 208 Å². The predicted octanol–water partition coefficient (Wildman–Crippen LogP) is 8.68. The number of aromatic nitrogens is 2. The van der Waals surface area contributed by atoms with E-state index < -0.39 is 0 Å². The van der Waals surface area contributed by atoms with E-state index in [4.69, 9.17) is 9.98 Å². The summed E-state index contributed by atoms with van der Waals surface area (Å²) < 4.78 is 0. The van der Waals surface area contributed by atoms with E-state index in [9.17, 15) is 0 Å². The minimum Gasteiger partial charge on any atom is -0.358 e. The molecule has 4 nitrogen and oxygen atoms in total. The summed E-state index contributed by atoms with van der Waals surface area (Å²) in [5, 5.41) is 2.04. The number of benzene rings is 3. The van der Waals surface area contributed by atoms with Gasteiger partial charge in [-0.15, -0.1) is 0 Å². The Morgan fingerprint density at radius 2 is 1.26 bits per heavy atom. The second-order valence-electron chi connectivity index (χ2n) is 13.1. The van der Waals surface area contributed by atoms with Gasteiger partial charge in [0.25, 0.3) is 0 Å². The first-order valence-electron chi connectivity index (χ1n) is 17.6. The van der Waals surface area contributed by atoms with E-state index in [-0.39, 0.29) is 6.04 Å². The normalized spacial score (nSPS) is 20.4. The topological polar surface area (TPSA) is 56.3 Å². The van der Waals surface area contributed by atoms with Crippen LogP contribution in [-0.4, -0.2) is 27.4 Å². The molecule has 0 spiro atoms.